The quantitative estimate of drug-likeness (QED) is 0.843. The minimum atomic E-state index is -0.411. The molecule has 1 aromatic heterocycles. The first kappa shape index (κ1) is 14.4. The van der Waals surface area contributed by atoms with E-state index < -0.39 is 5.82 Å². The maximum atomic E-state index is 14.3. The molecule has 5 heteroatoms. The minimum absolute atomic E-state index is 0.101. The summed E-state index contributed by atoms with van der Waals surface area (Å²) in [4.78, 5) is 4.05. The summed E-state index contributed by atoms with van der Waals surface area (Å²) in [7, 11) is 1.79. The molecule has 2 aromatic rings. The second-order valence-corrected chi connectivity index (χ2v) is 5.45. The van der Waals surface area contributed by atoms with Crippen molar-refractivity contribution in [3.05, 3.63) is 62.6 Å². The maximum absolute atomic E-state index is 14.3. The Hall–Kier alpha value is -0.970. The Balaban J connectivity index is 2.55. The Morgan fingerprint density at radius 2 is 2.05 bits per heavy atom. The highest BCUT2D eigenvalue weighted by molar-refractivity contribution is 9.10. The molecule has 1 heterocycles. The molecular weight excluding hydrogens is 331 g/mol. The van der Waals surface area contributed by atoms with Gasteiger partial charge in [0.1, 0.15) is 5.82 Å². The zero-order valence-corrected chi connectivity index (χ0v) is 12.9. The van der Waals surface area contributed by atoms with E-state index in [1.165, 1.54) is 0 Å². The van der Waals surface area contributed by atoms with Crippen molar-refractivity contribution in [2.75, 3.05) is 7.05 Å². The summed E-state index contributed by atoms with van der Waals surface area (Å²) < 4.78 is 14.9. The van der Waals surface area contributed by atoms with E-state index >= 15 is 0 Å². The summed E-state index contributed by atoms with van der Waals surface area (Å²) in [5, 5.41) is 3.22. The lowest BCUT2D eigenvalue weighted by Crippen LogP contribution is -2.20. The number of halogens is 3. The van der Waals surface area contributed by atoms with Gasteiger partial charge in [-0.3, -0.25) is 4.98 Å². The van der Waals surface area contributed by atoms with Crippen molar-refractivity contribution in [1.82, 2.24) is 10.3 Å². The Bertz CT molecular complexity index is 604. The van der Waals surface area contributed by atoms with Gasteiger partial charge in [0.25, 0.3) is 0 Å². The van der Waals surface area contributed by atoms with Crippen molar-refractivity contribution in [3.63, 3.8) is 0 Å². The highest BCUT2D eigenvalue weighted by Gasteiger charge is 2.20. The van der Waals surface area contributed by atoms with Crippen LogP contribution >= 0.6 is 27.5 Å². The number of aromatic nitrogens is 1. The maximum Gasteiger partial charge on any atom is 0.148 e. The molecule has 0 bridgehead atoms. The van der Waals surface area contributed by atoms with Crippen LogP contribution in [0, 0.1) is 12.7 Å². The van der Waals surface area contributed by atoms with Gasteiger partial charge in [0, 0.05) is 22.4 Å². The first-order valence-corrected chi connectivity index (χ1v) is 6.94. The molecule has 2 nitrogen and oxygen atoms in total. The summed E-state index contributed by atoms with van der Waals surface area (Å²) in [6, 6.07) is 5.11. The summed E-state index contributed by atoms with van der Waals surface area (Å²) >= 11 is 9.17. The van der Waals surface area contributed by atoms with Crippen LogP contribution in [0.5, 0.6) is 0 Å². The SMILES string of the molecule is CNC(c1ccncc1C)c1ccc(Br)c(Cl)c1F. The van der Waals surface area contributed by atoms with Gasteiger partial charge >= 0.3 is 0 Å². The molecule has 1 aromatic carbocycles. The van der Waals surface area contributed by atoms with Crippen LogP contribution in [0.15, 0.2) is 35.1 Å². The van der Waals surface area contributed by atoms with Crippen molar-refractivity contribution >= 4 is 27.5 Å². The van der Waals surface area contributed by atoms with E-state index in [2.05, 4.69) is 26.2 Å². The molecule has 0 fully saturated rings. The zero-order chi connectivity index (χ0) is 14.0. The van der Waals surface area contributed by atoms with Gasteiger partial charge in [-0.1, -0.05) is 17.7 Å². The van der Waals surface area contributed by atoms with Crippen molar-refractivity contribution in [3.8, 4) is 0 Å². The predicted octanol–water partition coefficient (Wildman–Crippen LogP) is 4.25. The van der Waals surface area contributed by atoms with Gasteiger partial charge in [0.05, 0.1) is 11.1 Å². The lowest BCUT2D eigenvalue weighted by Gasteiger charge is -2.20. The third kappa shape index (κ3) is 2.81. The van der Waals surface area contributed by atoms with Crippen LogP contribution < -0.4 is 5.32 Å². The van der Waals surface area contributed by atoms with Crippen LogP contribution in [-0.4, -0.2) is 12.0 Å². The lowest BCUT2D eigenvalue weighted by atomic mass is 9.96. The second kappa shape index (κ2) is 5.99. The zero-order valence-electron chi connectivity index (χ0n) is 10.5. The molecule has 0 radical (unpaired) electrons. The van der Waals surface area contributed by atoms with E-state index in [1.807, 2.05) is 13.0 Å². The Kier molecular flexibility index (Phi) is 4.55. The largest absolute Gasteiger partial charge is 0.309 e. The molecule has 1 unspecified atom stereocenters. The van der Waals surface area contributed by atoms with E-state index in [9.17, 15) is 4.39 Å². The van der Waals surface area contributed by atoms with Crippen LogP contribution in [-0.2, 0) is 0 Å². The lowest BCUT2D eigenvalue weighted by molar-refractivity contribution is 0.574. The molecule has 1 N–H and O–H groups in total. The molecular formula is C14H13BrClFN2. The number of pyridine rings is 1. The van der Waals surface area contributed by atoms with Gasteiger partial charge in [-0.15, -0.1) is 0 Å². The third-order valence-corrected chi connectivity index (χ3v) is 4.30. The minimum Gasteiger partial charge on any atom is -0.309 e. The summed E-state index contributed by atoms with van der Waals surface area (Å²) in [5.74, 6) is -0.411. The van der Waals surface area contributed by atoms with Gasteiger partial charge in [-0.25, -0.2) is 4.39 Å². The number of nitrogens with one attached hydrogen (secondary N) is 1. The predicted molar refractivity (Wildman–Crippen MR) is 79.0 cm³/mol. The molecule has 1 atom stereocenters. The van der Waals surface area contributed by atoms with E-state index in [1.54, 1.807) is 31.6 Å². The third-order valence-electron chi connectivity index (χ3n) is 3.04. The van der Waals surface area contributed by atoms with E-state index in [-0.39, 0.29) is 11.1 Å². The van der Waals surface area contributed by atoms with Crippen LogP contribution in [0.2, 0.25) is 5.02 Å². The first-order valence-electron chi connectivity index (χ1n) is 5.77. The molecule has 0 aliphatic rings. The number of rotatable bonds is 3. The molecule has 0 amide bonds. The highest BCUT2D eigenvalue weighted by Crippen LogP contribution is 2.33. The number of aryl methyl sites for hydroxylation is 1. The normalized spacial score (nSPS) is 12.5. The Labute approximate surface area is 125 Å². The molecule has 100 valence electrons. The fourth-order valence-corrected chi connectivity index (χ4v) is 2.53. The van der Waals surface area contributed by atoms with Gasteiger partial charge in [-0.2, -0.15) is 0 Å². The fourth-order valence-electron chi connectivity index (χ4n) is 2.05. The standard InChI is InChI=1S/C14H13BrClFN2/c1-8-7-19-6-5-9(8)14(18-2)10-3-4-11(15)12(16)13(10)17/h3-7,14,18H,1-2H3. The average molecular weight is 344 g/mol. The number of nitrogens with zero attached hydrogens (tertiary/aromatic N) is 1. The molecule has 19 heavy (non-hydrogen) atoms. The van der Waals surface area contributed by atoms with Crippen LogP contribution in [0.4, 0.5) is 4.39 Å². The molecule has 2 rings (SSSR count). The molecule has 0 saturated carbocycles. The molecule has 0 saturated heterocycles. The number of hydrogen-bond acceptors (Lipinski definition) is 2. The number of benzene rings is 1. The van der Waals surface area contributed by atoms with E-state index in [0.29, 0.717) is 10.0 Å². The summed E-state index contributed by atoms with van der Waals surface area (Å²) in [6.45, 7) is 1.95. The highest BCUT2D eigenvalue weighted by atomic mass is 79.9. The monoisotopic (exact) mass is 342 g/mol. The molecule has 0 aliphatic heterocycles. The Morgan fingerprint density at radius 1 is 1.32 bits per heavy atom. The molecule has 0 spiro atoms. The van der Waals surface area contributed by atoms with Crippen molar-refractivity contribution < 1.29 is 4.39 Å². The van der Waals surface area contributed by atoms with Gasteiger partial charge < -0.3 is 5.32 Å². The second-order valence-electron chi connectivity index (χ2n) is 4.22. The topological polar surface area (TPSA) is 24.9 Å². The van der Waals surface area contributed by atoms with Crippen molar-refractivity contribution in [2.45, 2.75) is 13.0 Å². The van der Waals surface area contributed by atoms with Crippen LogP contribution in [0.3, 0.4) is 0 Å². The van der Waals surface area contributed by atoms with Gasteiger partial charge in [0.2, 0.25) is 0 Å². The van der Waals surface area contributed by atoms with Crippen molar-refractivity contribution in [2.24, 2.45) is 0 Å². The summed E-state index contributed by atoms with van der Waals surface area (Å²) in [5.41, 5.74) is 2.50. The van der Waals surface area contributed by atoms with Crippen LogP contribution in [0.25, 0.3) is 0 Å². The van der Waals surface area contributed by atoms with Gasteiger partial charge in [0.15, 0.2) is 0 Å². The van der Waals surface area contributed by atoms with E-state index in [0.717, 1.165) is 11.1 Å². The van der Waals surface area contributed by atoms with Crippen LogP contribution in [0.1, 0.15) is 22.7 Å². The van der Waals surface area contributed by atoms with E-state index in [4.69, 9.17) is 11.6 Å². The summed E-state index contributed by atoms with van der Waals surface area (Å²) in [6.07, 6.45) is 3.46. The number of hydrogen-bond donors (Lipinski definition) is 1. The fraction of sp³-hybridized carbons (Fsp3) is 0.214. The Morgan fingerprint density at radius 3 is 2.68 bits per heavy atom. The van der Waals surface area contributed by atoms with Crippen molar-refractivity contribution in [1.29, 1.82) is 0 Å². The smallest absolute Gasteiger partial charge is 0.148 e. The first-order chi connectivity index (χ1) is 9.06. The van der Waals surface area contributed by atoms with Gasteiger partial charge in [-0.05, 0) is 53.2 Å². The average Bonchev–Trinajstić information content (AvgIpc) is 2.41. The molecule has 0 aliphatic carbocycles.